The summed E-state index contributed by atoms with van der Waals surface area (Å²) in [5, 5.41) is 8.43. The van der Waals surface area contributed by atoms with Crippen LogP contribution < -0.4 is 0 Å². The van der Waals surface area contributed by atoms with Crippen LogP contribution in [-0.2, 0) is 11.2 Å². The first-order valence-electron chi connectivity index (χ1n) is 9.38. The SMILES string of the molecule is CCCc1noc(C(C)OC(=O)c2cc(-c3ccco3)nn2-c2ccccc2)n1. The number of rotatable bonds is 7. The molecule has 29 heavy (non-hydrogen) atoms. The number of hydrogen-bond donors (Lipinski definition) is 0. The van der Waals surface area contributed by atoms with E-state index in [9.17, 15) is 4.79 Å². The number of ether oxygens (including phenoxy) is 1. The molecule has 0 bridgehead atoms. The molecule has 0 amide bonds. The highest BCUT2D eigenvalue weighted by atomic mass is 16.6. The molecular formula is C21H20N4O4. The van der Waals surface area contributed by atoms with E-state index in [0.29, 0.717) is 23.7 Å². The van der Waals surface area contributed by atoms with Gasteiger partial charge in [-0.15, -0.1) is 0 Å². The molecule has 8 nitrogen and oxygen atoms in total. The van der Waals surface area contributed by atoms with Crippen LogP contribution in [0.3, 0.4) is 0 Å². The maximum atomic E-state index is 12.9. The van der Waals surface area contributed by atoms with E-state index in [1.165, 1.54) is 4.68 Å². The van der Waals surface area contributed by atoms with Gasteiger partial charge in [-0.3, -0.25) is 0 Å². The summed E-state index contributed by atoms with van der Waals surface area (Å²) in [4.78, 5) is 17.2. The van der Waals surface area contributed by atoms with Gasteiger partial charge in [0.15, 0.2) is 23.4 Å². The molecule has 4 aromatic rings. The first kappa shape index (κ1) is 18.7. The van der Waals surface area contributed by atoms with E-state index in [-0.39, 0.29) is 11.6 Å². The van der Waals surface area contributed by atoms with Gasteiger partial charge in [-0.1, -0.05) is 30.3 Å². The molecule has 0 fully saturated rings. The highest BCUT2D eigenvalue weighted by Gasteiger charge is 2.24. The van der Waals surface area contributed by atoms with Crippen molar-refractivity contribution in [3.8, 4) is 17.1 Å². The summed E-state index contributed by atoms with van der Waals surface area (Å²) < 4.78 is 17.7. The van der Waals surface area contributed by atoms with Crippen molar-refractivity contribution in [2.45, 2.75) is 32.8 Å². The van der Waals surface area contributed by atoms with Crippen LogP contribution in [0.15, 0.2) is 63.7 Å². The fourth-order valence-corrected chi connectivity index (χ4v) is 2.87. The molecule has 1 unspecified atom stereocenters. The van der Waals surface area contributed by atoms with Crippen molar-refractivity contribution in [1.82, 2.24) is 19.9 Å². The third-order valence-corrected chi connectivity index (χ3v) is 4.28. The van der Waals surface area contributed by atoms with Crippen molar-refractivity contribution in [3.63, 3.8) is 0 Å². The Kier molecular flexibility index (Phi) is 5.24. The van der Waals surface area contributed by atoms with Gasteiger partial charge in [0.1, 0.15) is 5.69 Å². The van der Waals surface area contributed by atoms with Crippen LogP contribution in [0.25, 0.3) is 17.1 Å². The van der Waals surface area contributed by atoms with Crippen molar-refractivity contribution in [2.75, 3.05) is 0 Å². The smallest absolute Gasteiger partial charge is 0.357 e. The third-order valence-electron chi connectivity index (χ3n) is 4.28. The predicted molar refractivity (Wildman–Crippen MR) is 103 cm³/mol. The second kappa shape index (κ2) is 8.14. The molecular weight excluding hydrogens is 372 g/mol. The fraction of sp³-hybridized carbons (Fsp3) is 0.238. The first-order chi connectivity index (χ1) is 14.2. The van der Waals surface area contributed by atoms with Gasteiger partial charge in [-0.05, 0) is 37.6 Å². The van der Waals surface area contributed by atoms with E-state index >= 15 is 0 Å². The summed E-state index contributed by atoms with van der Waals surface area (Å²) in [5.41, 5.74) is 1.53. The molecule has 0 spiro atoms. The number of esters is 1. The Morgan fingerprint density at radius 3 is 2.76 bits per heavy atom. The molecule has 0 saturated heterocycles. The van der Waals surface area contributed by atoms with Gasteiger partial charge in [0.2, 0.25) is 0 Å². The fourth-order valence-electron chi connectivity index (χ4n) is 2.87. The van der Waals surface area contributed by atoms with E-state index < -0.39 is 12.1 Å². The number of hydrogen-bond acceptors (Lipinski definition) is 7. The number of nitrogens with zero attached hydrogens (tertiary/aromatic N) is 4. The summed E-state index contributed by atoms with van der Waals surface area (Å²) in [6, 6.07) is 14.5. The maximum absolute atomic E-state index is 12.9. The van der Waals surface area contributed by atoms with Crippen molar-refractivity contribution in [1.29, 1.82) is 0 Å². The molecule has 0 saturated carbocycles. The lowest BCUT2D eigenvalue weighted by molar-refractivity contribution is 0.0255. The van der Waals surface area contributed by atoms with Crippen molar-refractivity contribution < 1.29 is 18.5 Å². The minimum atomic E-state index is -0.688. The van der Waals surface area contributed by atoms with Crippen LogP contribution >= 0.6 is 0 Å². The summed E-state index contributed by atoms with van der Waals surface area (Å²) >= 11 is 0. The zero-order chi connectivity index (χ0) is 20.2. The molecule has 1 atom stereocenters. The van der Waals surface area contributed by atoms with Gasteiger partial charge >= 0.3 is 5.97 Å². The average Bonchev–Trinajstić information content (AvgIpc) is 3.48. The number of carbonyl (C=O) groups excluding carboxylic acids is 1. The summed E-state index contributed by atoms with van der Waals surface area (Å²) in [6.07, 6.45) is 2.48. The van der Waals surface area contributed by atoms with Gasteiger partial charge < -0.3 is 13.7 Å². The first-order valence-corrected chi connectivity index (χ1v) is 9.38. The lowest BCUT2D eigenvalue weighted by Crippen LogP contribution is -2.14. The zero-order valence-corrected chi connectivity index (χ0v) is 16.1. The second-order valence-electron chi connectivity index (χ2n) is 6.49. The largest absolute Gasteiger partial charge is 0.463 e. The predicted octanol–water partition coefficient (Wildman–Crippen LogP) is 4.39. The minimum Gasteiger partial charge on any atom is -0.463 e. The van der Waals surface area contributed by atoms with Crippen molar-refractivity contribution >= 4 is 5.97 Å². The van der Waals surface area contributed by atoms with Crippen LogP contribution in [-0.4, -0.2) is 25.9 Å². The van der Waals surface area contributed by atoms with Gasteiger partial charge in [0.05, 0.1) is 12.0 Å². The molecule has 4 rings (SSSR count). The Morgan fingerprint density at radius 1 is 1.21 bits per heavy atom. The monoisotopic (exact) mass is 392 g/mol. The van der Waals surface area contributed by atoms with Gasteiger partial charge in [0.25, 0.3) is 5.89 Å². The topological polar surface area (TPSA) is 96.2 Å². The van der Waals surface area contributed by atoms with Crippen LogP contribution in [0.1, 0.15) is 48.6 Å². The lowest BCUT2D eigenvalue weighted by atomic mass is 10.3. The molecule has 148 valence electrons. The lowest BCUT2D eigenvalue weighted by Gasteiger charge is -2.10. The average molecular weight is 392 g/mol. The highest BCUT2D eigenvalue weighted by molar-refractivity contribution is 5.89. The van der Waals surface area contributed by atoms with E-state index in [0.717, 1.165) is 12.1 Å². The Balaban J connectivity index is 1.63. The van der Waals surface area contributed by atoms with Crippen LogP contribution in [0, 0.1) is 0 Å². The summed E-state index contributed by atoms with van der Waals surface area (Å²) in [6.45, 7) is 3.72. The summed E-state index contributed by atoms with van der Waals surface area (Å²) in [5.74, 6) is 0.864. The number of furan rings is 1. The Labute approximate surface area is 167 Å². The normalized spacial score (nSPS) is 12.1. The zero-order valence-electron chi connectivity index (χ0n) is 16.1. The van der Waals surface area contributed by atoms with E-state index in [1.54, 1.807) is 31.4 Å². The maximum Gasteiger partial charge on any atom is 0.357 e. The quantitative estimate of drug-likeness (QED) is 0.430. The van der Waals surface area contributed by atoms with Gasteiger partial charge in [0, 0.05) is 12.5 Å². The van der Waals surface area contributed by atoms with E-state index in [1.807, 2.05) is 37.3 Å². The summed E-state index contributed by atoms with van der Waals surface area (Å²) in [7, 11) is 0. The third kappa shape index (κ3) is 3.96. The second-order valence-corrected chi connectivity index (χ2v) is 6.49. The number of carbonyl (C=O) groups is 1. The van der Waals surface area contributed by atoms with Crippen LogP contribution in [0.2, 0.25) is 0 Å². The number of aromatic nitrogens is 4. The van der Waals surface area contributed by atoms with Crippen molar-refractivity contribution in [3.05, 3.63) is 72.2 Å². The Hall–Kier alpha value is -3.68. The Morgan fingerprint density at radius 2 is 2.03 bits per heavy atom. The van der Waals surface area contributed by atoms with Crippen LogP contribution in [0.4, 0.5) is 0 Å². The van der Waals surface area contributed by atoms with Crippen LogP contribution in [0.5, 0.6) is 0 Å². The highest BCUT2D eigenvalue weighted by Crippen LogP contribution is 2.24. The standard InChI is InChI=1S/C21H20N4O4/c1-3-8-19-22-20(29-24-19)14(2)28-21(26)17-13-16(18-11-7-12-27-18)23-25(17)15-9-5-4-6-10-15/h4-7,9-14H,3,8H2,1-2H3. The molecule has 0 N–H and O–H groups in total. The van der Waals surface area contributed by atoms with Gasteiger partial charge in [-0.25, -0.2) is 9.48 Å². The van der Waals surface area contributed by atoms with E-state index in [4.69, 9.17) is 13.7 Å². The molecule has 3 aromatic heterocycles. The molecule has 0 aliphatic heterocycles. The molecule has 8 heteroatoms. The molecule has 3 heterocycles. The molecule has 1 aromatic carbocycles. The number of aryl methyl sites for hydroxylation is 1. The molecule has 0 aliphatic rings. The van der Waals surface area contributed by atoms with Crippen molar-refractivity contribution in [2.24, 2.45) is 0 Å². The van der Waals surface area contributed by atoms with E-state index in [2.05, 4.69) is 15.2 Å². The number of benzene rings is 1. The number of para-hydroxylation sites is 1. The van der Waals surface area contributed by atoms with Gasteiger partial charge in [-0.2, -0.15) is 10.1 Å². The molecule has 0 radical (unpaired) electrons. The molecule has 0 aliphatic carbocycles. The minimum absolute atomic E-state index is 0.263. The Bertz CT molecular complexity index is 1080.